The Morgan fingerprint density at radius 2 is 0.630 bits per heavy atom. The highest BCUT2D eigenvalue weighted by Crippen LogP contribution is 2.19. The van der Waals surface area contributed by atoms with E-state index in [0.717, 1.165) is 51.4 Å². The predicted octanol–water partition coefficient (Wildman–Crippen LogP) is 23.9. The molecule has 0 aliphatic rings. The molecule has 2 atom stereocenters. The maximum atomic E-state index is 12.5. The number of amides is 1. The fraction of sp³-hybridized carbons (Fsp3) is 0.893. The lowest BCUT2D eigenvalue weighted by atomic mass is 10.0. The third kappa shape index (κ3) is 67.1. The third-order valence-corrected chi connectivity index (χ3v) is 17.2. The van der Waals surface area contributed by atoms with E-state index in [1.807, 2.05) is 0 Å². The molecule has 0 saturated heterocycles. The summed E-state index contributed by atoms with van der Waals surface area (Å²) >= 11 is 0. The summed E-state index contributed by atoms with van der Waals surface area (Å²) in [5.41, 5.74) is 0. The number of unbranched alkanes of at least 4 members (excludes halogenated alkanes) is 52. The zero-order valence-electron chi connectivity index (χ0n) is 54.8. The molecule has 0 aromatic carbocycles. The van der Waals surface area contributed by atoms with Gasteiger partial charge in [-0.2, -0.15) is 0 Å². The van der Waals surface area contributed by atoms with Gasteiger partial charge >= 0.3 is 5.97 Å². The largest absolute Gasteiger partial charge is 0.466 e. The second-order valence-corrected chi connectivity index (χ2v) is 25.3. The van der Waals surface area contributed by atoms with Gasteiger partial charge < -0.3 is 20.3 Å². The van der Waals surface area contributed by atoms with Crippen molar-refractivity contribution in [3.05, 3.63) is 36.5 Å². The minimum atomic E-state index is -0.659. The zero-order valence-corrected chi connectivity index (χ0v) is 54.8. The quantitative estimate of drug-likeness (QED) is 0.0320. The van der Waals surface area contributed by atoms with Gasteiger partial charge in [0.1, 0.15) is 0 Å². The smallest absolute Gasteiger partial charge is 0.305 e. The van der Waals surface area contributed by atoms with Crippen molar-refractivity contribution < 1.29 is 24.5 Å². The van der Waals surface area contributed by atoms with Crippen molar-refractivity contribution in [1.29, 1.82) is 0 Å². The molecule has 0 bridgehead atoms. The number of carbonyl (C=O) groups excluding carboxylic acids is 2. The minimum absolute atomic E-state index is 0.00800. The van der Waals surface area contributed by atoms with E-state index in [9.17, 15) is 19.8 Å². The number of carbonyl (C=O) groups is 2. The number of aliphatic hydroxyl groups is 2. The molecule has 0 saturated carbocycles. The normalized spacial score (nSPS) is 12.7. The molecule has 1 amide bonds. The molecule has 0 spiro atoms. The number of rotatable bonds is 69. The first-order valence-corrected chi connectivity index (χ1v) is 36.7. The molecule has 6 heteroatoms. The molecule has 0 fully saturated rings. The highest BCUT2D eigenvalue weighted by atomic mass is 16.5. The van der Waals surface area contributed by atoms with Gasteiger partial charge in [0.2, 0.25) is 5.91 Å². The van der Waals surface area contributed by atoms with Crippen LogP contribution in [0.5, 0.6) is 0 Å². The van der Waals surface area contributed by atoms with Gasteiger partial charge in [0, 0.05) is 12.8 Å². The number of hydrogen-bond acceptors (Lipinski definition) is 5. The lowest BCUT2D eigenvalue weighted by Crippen LogP contribution is -2.45. The molecule has 0 aromatic heterocycles. The Kier molecular flexibility index (Phi) is 68.9. The van der Waals surface area contributed by atoms with Gasteiger partial charge in [0.15, 0.2) is 0 Å². The van der Waals surface area contributed by atoms with Crippen LogP contribution in [-0.4, -0.2) is 47.4 Å². The van der Waals surface area contributed by atoms with E-state index in [1.54, 1.807) is 0 Å². The second-order valence-electron chi connectivity index (χ2n) is 25.3. The summed E-state index contributed by atoms with van der Waals surface area (Å²) in [7, 11) is 0. The van der Waals surface area contributed by atoms with Crippen molar-refractivity contribution in [3.8, 4) is 0 Å². The van der Waals surface area contributed by atoms with Gasteiger partial charge in [0.25, 0.3) is 0 Å². The first-order valence-electron chi connectivity index (χ1n) is 36.7. The summed E-state index contributed by atoms with van der Waals surface area (Å²) in [6.45, 7) is 4.93. The maximum absolute atomic E-state index is 12.5. The molecule has 0 radical (unpaired) electrons. The fourth-order valence-electron chi connectivity index (χ4n) is 11.5. The van der Waals surface area contributed by atoms with Crippen molar-refractivity contribution in [2.75, 3.05) is 13.2 Å². The van der Waals surface area contributed by atoms with Crippen molar-refractivity contribution in [1.82, 2.24) is 5.32 Å². The Bertz CT molecular complexity index is 1310. The summed E-state index contributed by atoms with van der Waals surface area (Å²) in [6.07, 6.45) is 90.9. The molecule has 478 valence electrons. The van der Waals surface area contributed by atoms with Crippen LogP contribution >= 0.6 is 0 Å². The van der Waals surface area contributed by atoms with Crippen molar-refractivity contribution in [2.24, 2.45) is 0 Å². The van der Waals surface area contributed by atoms with Crippen LogP contribution in [0.1, 0.15) is 406 Å². The summed E-state index contributed by atoms with van der Waals surface area (Å²) in [4.78, 5) is 24.5. The summed E-state index contributed by atoms with van der Waals surface area (Å²) in [5.74, 6) is -0.0218. The Hall–Kier alpha value is -1.92. The van der Waals surface area contributed by atoms with Crippen molar-refractivity contribution in [3.63, 3.8) is 0 Å². The first kappa shape index (κ1) is 79.1. The fourth-order valence-corrected chi connectivity index (χ4v) is 11.5. The van der Waals surface area contributed by atoms with Crippen LogP contribution in [0, 0.1) is 0 Å². The van der Waals surface area contributed by atoms with Crippen LogP contribution in [0.3, 0.4) is 0 Å². The number of hydrogen-bond donors (Lipinski definition) is 3. The summed E-state index contributed by atoms with van der Waals surface area (Å²) in [5, 5.41) is 23.2. The topological polar surface area (TPSA) is 95.9 Å². The molecule has 0 rings (SSSR count). The zero-order chi connectivity index (χ0) is 58.5. The van der Waals surface area contributed by atoms with Crippen molar-refractivity contribution in [2.45, 2.75) is 418 Å². The number of aliphatic hydroxyl groups excluding tert-OH is 2. The van der Waals surface area contributed by atoms with E-state index < -0.39 is 12.1 Å². The minimum Gasteiger partial charge on any atom is -0.466 e. The Balaban J connectivity index is 3.30. The van der Waals surface area contributed by atoms with Crippen LogP contribution in [0.15, 0.2) is 36.5 Å². The van der Waals surface area contributed by atoms with Gasteiger partial charge in [0.05, 0.1) is 25.4 Å². The standard InChI is InChI=1S/C75H143NO5/c1-3-5-7-9-11-13-15-16-45-49-53-57-61-65-69-75(80)81-70-66-62-58-54-50-46-43-41-39-37-35-33-31-29-27-25-23-21-19-17-18-20-22-24-26-28-30-32-34-36-38-40-42-44-48-52-56-60-64-68-74(79)76-72(71-77)73(78)67-63-59-55-51-47-14-12-10-8-6-4-2/h9,11,15-18,72-73,77-78H,3-8,10,12-14,19-71H2,1-2H3,(H,76,79)/b11-9-,16-15-,18-17-. The van der Waals surface area contributed by atoms with Gasteiger partial charge in [-0.05, 0) is 77.0 Å². The Morgan fingerprint density at radius 1 is 0.346 bits per heavy atom. The maximum Gasteiger partial charge on any atom is 0.305 e. The lowest BCUT2D eigenvalue weighted by molar-refractivity contribution is -0.143. The number of ether oxygens (including phenoxy) is 1. The van der Waals surface area contributed by atoms with Crippen molar-refractivity contribution >= 4 is 11.9 Å². The SMILES string of the molecule is CCCC/C=C\C/C=C\CCCCCCCC(=O)OCCCCCCCCCCCCCCCCCCCC/C=C\CCCCCCCCCCCCCCCCCCCC(=O)NC(CO)C(O)CCCCCCCCCCCCC. The Labute approximate surface area is 506 Å². The first-order chi connectivity index (χ1) is 40.0. The van der Waals surface area contributed by atoms with Crippen LogP contribution in [0.4, 0.5) is 0 Å². The third-order valence-electron chi connectivity index (χ3n) is 17.2. The molecule has 0 heterocycles. The average Bonchev–Trinajstić information content (AvgIpc) is 3.47. The lowest BCUT2D eigenvalue weighted by Gasteiger charge is -2.22. The van der Waals surface area contributed by atoms with Gasteiger partial charge in [-0.15, -0.1) is 0 Å². The van der Waals surface area contributed by atoms with E-state index in [0.29, 0.717) is 25.9 Å². The van der Waals surface area contributed by atoms with Crippen LogP contribution in [-0.2, 0) is 14.3 Å². The van der Waals surface area contributed by atoms with Crippen LogP contribution in [0.2, 0.25) is 0 Å². The molecule has 81 heavy (non-hydrogen) atoms. The second kappa shape index (κ2) is 70.6. The van der Waals surface area contributed by atoms with Gasteiger partial charge in [-0.1, -0.05) is 352 Å². The average molecular weight is 1140 g/mol. The number of nitrogens with one attached hydrogen (secondary N) is 1. The molecule has 0 aliphatic heterocycles. The number of esters is 1. The molecule has 3 N–H and O–H groups in total. The molecule has 6 nitrogen and oxygen atoms in total. The molecule has 2 unspecified atom stereocenters. The van der Waals surface area contributed by atoms with Gasteiger partial charge in [-0.25, -0.2) is 0 Å². The predicted molar refractivity (Wildman–Crippen MR) is 356 cm³/mol. The highest BCUT2D eigenvalue weighted by molar-refractivity contribution is 5.76. The van der Waals surface area contributed by atoms with Crippen LogP contribution in [0.25, 0.3) is 0 Å². The van der Waals surface area contributed by atoms with E-state index in [1.165, 1.54) is 321 Å². The van der Waals surface area contributed by atoms with E-state index in [2.05, 4.69) is 55.6 Å². The molecular formula is C75H143NO5. The Morgan fingerprint density at radius 3 is 0.988 bits per heavy atom. The van der Waals surface area contributed by atoms with E-state index >= 15 is 0 Å². The molecule has 0 aromatic rings. The van der Waals surface area contributed by atoms with Gasteiger partial charge in [-0.3, -0.25) is 9.59 Å². The summed E-state index contributed by atoms with van der Waals surface area (Å²) < 4.78 is 5.49. The van der Waals surface area contributed by atoms with E-state index in [-0.39, 0.29) is 18.5 Å². The number of allylic oxidation sites excluding steroid dienone is 6. The van der Waals surface area contributed by atoms with Crippen LogP contribution < -0.4 is 5.32 Å². The van der Waals surface area contributed by atoms with E-state index in [4.69, 9.17) is 4.74 Å². The summed E-state index contributed by atoms with van der Waals surface area (Å²) in [6, 6.07) is -0.536. The highest BCUT2D eigenvalue weighted by Gasteiger charge is 2.20. The molecule has 0 aliphatic carbocycles. The molecular weight excluding hydrogens is 995 g/mol. The monoisotopic (exact) mass is 1140 g/mol.